The van der Waals surface area contributed by atoms with E-state index in [2.05, 4.69) is 43.8 Å². The van der Waals surface area contributed by atoms with E-state index >= 15 is 0 Å². The van der Waals surface area contributed by atoms with Crippen molar-refractivity contribution in [3.63, 3.8) is 0 Å². The fraction of sp³-hybridized carbons (Fsp3) is 0.273. The Hall–Kier alpha value is -1.23. The monoisotopic (exact) mass is 232 g/mol. The maximum absolute atomic E-state index is 8.88. The molecule has 0 bridgehead atoms. The zero-order valence-electron chi connectivity index (χ0n) is 9.06. The van der Waals surface area contributed by atoms with Gasteiger partial charge in [0, 0.05) is 5.57 Å². The van der Waals surface area contributed by atoms with Crippen molar-refractivity contribution in [3.05, 3.63) is 22.6 Å². The Morgan fingerprint density at radius 2 is 2.00 bits per heavy atom. The van der Waals surface area contributed by atoms with Crippen molar-refractivity contribution < 1.29 is 0 Å². The second-order valence-electron chi connectivity index (χ2n) is 4.23. The molecule has 2 nitrogen and oxygen atoms in total. The van der Waals surface area contributed by atoms with E-state index in [1.54, 1.807) is 0 Å². The number of nitrogens with zero attached hydrogens (tertiary/aromatic N) is 1. The van der Waals surface area contributed by atoms with Gasteiger partial charge < -0.3 is 0 Å². The molecule has 0 amide bonds. The van der Waals surface area contributed by atoms with Gasteiger partial charge in [-0.15, -0.1) is 5.54 Å². The number of hydrogen-bond donors (Lipinski definition) is 1. The molecule has 1 rings (SSSR count). The summed E-state index contributed by atoms with van der Waals surface area (Å²) in [6.07, 6.45) is 0. The quantitative estimate of drug-likeness (QED) is 0.515. The fourth-order valence-electron chi connectivity index (χ4n) is 0.926. The van der Waals surface area contributed by atoms with E-state index in [0.717, 1.165) is 11.8 Å². The van der Waals surface area contributed by atoms with Crippen LogP contribution < -0.4 is 0 Å². The SMILES string of the molecule is C=C1C(=N)SC(C#N)=C1C#C[Si](C)(C)C. The fourth-order valence-corrected chi connectivity index (χ4v) is 2.18. The Morgan fingerprint density at radius 1 is 1.40 bits per heavy atom. The molecule has 0 aromatic rings. The number of nitriles is 1. The van der Waals surface area contributed by atoms with Gasteiger partial charge >= 0.3 is 0 Å². The number of allylic oxidation sites excluding steroid dienone is 2. The van der Waals surface area contributed by atoms with Gasteiger partial charge in [-0.1, -0.05) is 43.9 Å². The van der Waals surface area contributed by atoms with Crippen LogP contribution in [0.5, 0.6) is 0 Å². The highest BCUT2D eigenvalue weighted by atomic mass is 32.2. The lowest BCUT2D eigenvalue weighted by molar-refractivity contribution is 1.51. The first-order valence-corrected chi connectivity index (χ1v) is 8.80. The second-order valence-corrected chi connectivity index (χ2v) is 10.00. The van der Waals surface area contributed by atoms with Crippen LogP contribution in [0.25, 0.3) is 0 Å². The van der Waals surface area contributed by atoms with Gasteiger partial charge in [0.2, 0.25) is 0 Å². The minimum Gasteiger partial charge on any atom is -0.293 e. The molecular weight excluding hydrogens is 220 g/mol. The van der Waals surface area contributed by atoms with Gasteiger partial charge in [0.15, 0.2) is 0 Å². The number of thioether (sulfide) groups is 1. The largest absolute Gasteiger partial charge is 0.293 e. The maximum Gasteiger partial charge on any atom is 0.129 e. The predicted molar refractivity (Wildman–Crippen MR) is 68.2 cm³/mol. The van der Waals surface area contributed by atoms with Crippen molar-refractivity contribution >= 4 is 24.9 Å². The molecule has 0 atom stereocenters. The van der Waals surface area contributed by atoms with Crippen molar-refractivity contribution in [1.29, 1.82) is 10.7 Å². The molecule has 1 heterocycles. The summed E-state index contributed by atoms with van der Waals surface area (Å²) < 4.78 is 0. The summed E-state index contributed by atoms with van der Waals surface area (Å²) in [5, 5.41) is 16.8. The molecule has 0 aliphatic carbocycles. The lowest BCUT2D eigenvalue weighted by Crippen LogP contribution is -2.16. The highest BCUT2D eigenvalue weighted by Crippen LogP contribution is 2.35. The van der Waals surface area contributed by atoms with Crippen LogP contribution >= 0.6 is 11.8 Å². The summed E-state index contributed by atoms with van der Waals surface area (Å²) >= 11 is 1.15. The minimum absolute atomic E-state index is 0.339. The van der Waals surface area contributed by atoms with Crippen LogP contribution in [0, 0.1) is 28.2 Å². The molecule has 4 heteroatoms. The van der Waals surface area contributed by atoms with Gasteiger partial charge in [-0.3, -0.25) is 5.41 Å². The molecule has 0 radical (unpaired) electrons. The van der Waals surface area contributed by atoms with E-state index < -0.39 is 8.07 Å². The van der Waals surface area contributed by atoms with Gasteiger partial charge in [0.05, 0.1) is 5.57 Å². The Labute approximate surface area is 95.6 Å². The van der Waals surface area contributed by atoms with Gasteiger partial charge in [-0.05, 0) is 0 Å². The van der Waals surface area contributed by atoms with Crippen molar-refractivity contribution in [2.75, 3.05) is 0 Å². The first kappa shape index (κ1) is 11.8. The minimum atomic E-state index is -1.44. The third-order valence-electron chi connectivity index (χ3n) is 1.67. The average molecular weight is 232 g/mol. The van der Waals surface area contributed by atoms with Gasteiger partial charge in [0.1, 0.15) is 24.1 Å². The van der Waals surface area contributed by atoms with Crippen LogP contribution in [0.1, 0.15) is 0 Å². The molecule has 15 heavy (non-hydrogen) atoms. The van der Waals surface area contributed by atoms with Crippen LogP contribution in [0.4, 0.5) is 0 Å². The van der Waals surface area contributed by atoms with E-state index in [1.165, 1.54) is 0 Å². The van der Waals surface area contributed by atoms with E-state index in [-0.39, 0.29) is 0 Å². The lowest BCUT2D eigenvalue weighted by atomic mass is 10.1. The summed E-state index contributed by atoms with van der Waals surface area (Å²) in [6, 6.07) is 2.06. The molecule has 0 spiro atoms. The van der Waals surface area contributed by atoms with Crippen LogP contribution in [0.15, 0.2) is 22.6 Å². The summed E-state index contributed by atoms with van der Waals surface area (Å²) in [6.45, 7) is 10.2. The van der Waals surface area contributed by atoms with Crippen molar-refractivity contribution in [2.24, 2.45) is 0 Å². The molecule has 0 aromatic carbocycles. The Balaban J connectivity index is 3.13. The third-order valence-corrected chi connectivity index (χ3v) is 3.50. The molecule has 1 N–H and O–H groups in total. The van der Waals surface area contributed by atoms with E-state index in [9.17, 15) is 0 Å². The average Bonchev–Trinajstić information content (AvgIpc) is 2.39. The molecule has 0 fully saturated rings. The van der Waals surface area contributed by atoms with Crippen LogP contribution in [0.2, 0.25) is 19.6 Å². The zero-order valence-corrected chi connectivity index (χ0v) is 10.9. The molecule has 1 aliphatic rings. The highest BCUT2D eigenvalue weighted by molar-refractivity contribution is 8.18. The summed E-state index contributed by atoms with van der Waals surface area (Å²) in [4.78, 5) is 0.510. The molecular formula is C11H12N2SSi. The lowest BCUT2D eigenvalue weighted by Gasteiger charge is -2.03. The van der Waals surface area contributed by atoms with Crippen LogP contribution in [0.3, 0.4) is 0 Å². The Kier molecular flexibility index (Phi) is 3.24. The molecule has 1 aliphatic heterocycles. The molecule has 76 valence electrons. The summed E-state index contributed by atoms with van der Waals surface area (Å²) in [5.74, 6) is 3.01. The Bertz CT molecular complexity index is 464. The molecule has 0 saturated heterocycles. The second kappa shape index (κ2) is 4.10. The van der Waals surface area contributed by atoms with Crippen molar-refractivity contribution in [1.82, 2.24) is 0 Å². The summed E-state index contributed by atoms with van der Waals surface area (Å²) in [7, 11) is -1.44. The van der Waals surface area contributed by atoms with Gasteiger partial charge in [-0.25, -0.2) is 0 Å². The Morgan fingerprint density at radius 3 is 2.47 bits per heavy atom. The predicted octanol–water partition coefficient (Wildman–Crippen LogP) is 2.93. The topological polar surface area (TPSA) is 47.6 Å². The van der Waals surface area contributed by atoms with Crippen LogP contribution in [-0.4, -0.2) is 13.1 Å². The number of rotatable bonds is 0. The first-order valence-electron chi connectivity index (χ1n) is 4.49. The smallest absolute Gasteiger partial charge is 0.129 e. The number of nitrogens with one attached hydrogen (secondary N) is 1. The van der Waals surface area contributed by atoms with Gasteiger partial charge in [0.25, 0.3) is 0 Å². The molecule has 0 aromatic heterocycles. The normalized spacial score (nSPS) is 16.1. The summed E-state index contributed by atoms with van der Waals surface area (Å²) in [5.41, 5.74) is 4.42. The van der Waals surface area contributed by atoms with E-state index in [4.69, 9.17) is 10.7 Å². The maximum atomic E-state index is 8.88. The van der Waals surface area contributed by atoms with Crippen LogP contribution in [-0.2, 0) is 0 Å². The van der Waals surface area contributed by atoms with E-state index in [1.807, 2.05) is 0 Å². The highest BCUT2D eigenvalue weighted by Gasteiger charge is 2.23. The third kappa shape index (κ3) is 2.86. The first-order chi connectivity index (χ1) is 6.85. The van der Waals surface area contributed by atoms with Crippen molar-refractivity contribution in [3.8, 4) is 17.5 Å². The molecule has 0 unspecified atom stereocenters. The molecule has 0 saturated carbocycles. The van der Waals surface area contributed by atoms with Gasteiger partial charge in [-0.2, -0.15) is 5.26 Å². The standard InChI is InChI=1S/C11H12N2SSi/c1-8-9(5-6-15(2,3)4)10(7-12)14-11(8)13/h13H,1H2,2-4H3. The zero-order chi connectivity index (χ0) is 11.6. The van der Waals surface area contributed by atoms with E-state index in [0.29, 0.717) is 21.1 Å². The van der Waals surface area contributed by atoms with Crippen molar-refractivity contribution in [2.45, 2.75) is 19.6 Å². The number of hydrogen-bond acceptors (Lipinski definition) is 3.